The van der Waals surface area contributed by atoms with Gasteiger partial charge in [0.15, 0.2) is 0 Å². The smallest absolute Gasteiger partial charge is 0.124 e. The molecule has 0 bridgehead atoms. The van der Waals surface area contributed by atoms with Crippen LogP contribution in [0.3, 0.4) is 0 Å². The molecule has 0 N–H and O–H groups in total. The maximum atomic E-state index is 10.2. The lowest BCUT2D eigenvalue weighted by atomic mass is 9.88. The molecule has 0 radical (unpaired) electrons. The fraction of sp³-hybridized carbons (Fsp3) is 0. The van der Waals surface area contributed by atoms with E-state index in [1.54, 1.807) is 22.7 Å². The highest BCUT2D eigenvalue weighted by Crippen LogP contribution is 2.44. The second-order valence-corrected chi connectivity index (χ2v) is 27.0. The minimum absolute atomic E-state index is 0.643. The average molecular weight is 1280 g/mol. The standard InChI is InChI=1S/C48H28N2S.C44H26N2S/c49-29-30-25-34(33-21-22-44-42-13-4-3-11-40(42)41-12-5-6-14-43(41)45(44)28-33)27-35(26-30)37-24-23-36(38-9-1-2-10-39(37)38)31-17-19-32(20-18-31)48-50-46-15-7-8-16-47(46)51-48;45-27-28-23-32(25-33(24-28)41-26-31-9-1-2-10-34(31)37-11-5-6-14-40(37)41)36-22-21-35(38-12-3-4-13-39(36)38)29-17-19-30(20-18-29)44-46-42-15-7-8-16-43(42)47-44/h1-28H;1-26H. The molecule has 2 heterocycles. The predicted octanol–water partition coefficient (Wildman–Crippen LogP) is 25.7. The molecule has 19 rings (SSSR count). The molecule has 0 amide bonds. The lowest BCUT2D eigenvalue weighted by molar-refractivity contribution is 1.47. The number of rotatable bonds is 8. The highest BCUT2D eigenvalue weighted by atomic mass is 32.1. The summed E-state index contributed by atoms with van der Waals surface area (Å²) in [6.45, 7) is 0. The van der Waals surface area contributed by atoms with Crippen molar-refractivity contribution < 1.29 is 0 Å². The van der Waals surface area contributed by atoms with Crippen LogP contribution < -0.4 is 0 Å². The number of benzene rings is 17. The first-order valence-corrected chi connectivity index (χ1v) is 34.4. The molecule has 2 aromatic heterocycles. The van der Waals surface area contributed by atoms with Gasteiger partial charge in [0, 0.05) is 11.1 Å². The molecule has 0 aliphatic rings. The van der Waals surface area contributed by atoms with Gasteiger partial charge in [0.2, 0.25) is 0 Å². The zero-order chi connectivity index (χ0) is 65.2. The van der Waals surface area contributed by atoms with Crippen molar-refractivity contribution in [2.24, 2.45) is 0 Å². The van der Waals surface area contributed by atoms with E-state index in [1.807, 2.05) is 36.4 Å². The first kappa shape index (κ1) is 57.9. The summed E-state index contributed by atoms with van der Waals surface area (Å²) in [7, 11) is 0. The van der Waals surface area contributed by atoms with Gasteiger partial charge in [-0.25, -0.2) is 9.97 Å². The van der Waals surface area contributed by atoms with Crippen molar-refractivity contribution in [3.8, 4) is 100 Å². The lowest BCUT2D eigenvalue weighted by Gasteiger charge is -2.15. The van der Waals surface area contributed by atoms with Crippen LogP contribution >= 0.6 is 22.7 Å². The van der Waals surface area contributed by atoms with E-state index in [0.717, 1.165) is 98.6 Å². The van der Waals surface area contributed by atoms with Crippen LogP contribution in [0.1, 0.15) is 11.1 Å². The maximum Gasteiger partial charge on any atom is 0.124 e. The van der Waals surface area contributed by atoms with Crippen LogP contribution in [0, 0.1) is 22.7 Å². The molecule has 98 heavy (non-hydrogen) atoms. The SMILES string of the molecule is N#Cc1cc(-c2ccc(-c3ccc(-c4nc5ccccc5s4)cc3)c3ccccc23)cc(-c2cc3ccccc3c3ccccc23)c1.N#Cc1cc(-c2ccc3c4ccccc4c4ccccc4c3c2)cc(-c2ccc(-c3ccc(-c4nc5ccccc5s4)cc3)c3ccccc23)c1. The molecule has 0 saturated heterocycles. The largest absolute Gasteiger partial charge is 0.236 e. The second-order valence-electron chi connectivity index (χ2n) is 24.9. The predicted molar refractivity (Wildman–Crippen MR) is 415 cm³/mol. The summed E-state index contributed by atoms with van der Waals surface area (Å²) in [5.41, 5.74) is 18.9. The Kier molecular flexibility index (Phi) is 14.3. The van der Waals surface area contributed by atoms with Crippen LogP contribution in [-0.2, 0) is 0 Å². The molecule has 0 aliphatic carbocycles. The van der Waals surface area contributed by atoms with E-state index < -0.39 is 0 Å². The number of nitriles is 2. The first-order valence-electron chi connectivity index (χ1n) is 32.8. The third-order valence-corrected chi connectivity index (χ3v) is 21.4. The van der Waals surface area contributed by atoms with E-state index in [0.29, 0.717) is 11.1 Å². The van der Waals surface area contributed by atoms with Gasteiger partial charge in [-0.1, -0.05) is 255 Å². The summed E-state index contributed by atoms with van der Waals surface area (Å²) >= 11 is 3.45. The number of fused-ring (bicyclic) bond motifs is 13. The van der Waals surface area contributed by atoms with Gasteiger partial charge in [-0.15, -0.1) is 22.7 Å². The van der Waals surface area contributed by atoms with E-state index in [1.165, 1.54) is 85.2 Å². The molecular formula is C92H54N4S2. The second kappa shape index (κ2) is 24.3. The van der Waals surface area contributed by atoms with Crippen molar-refractivity contribution in [2.45, 2.75) is 0 Å². The van der Waals surface area contributed by atoms with Crippen molar-refractivity contribution in [1.29, 1.82) is 10.5 Å². The zero-order valence-electron chi connectivity index (χ0n) is 52.8. The Labute approximate surface area is 573 Å². The number of hydrogen-bond donors (Lipinski definition) is 0. The molecule has 454 valence electrons. The summed E-state index contributed by atoms with van der Waals surface area (Å²) in [4.78, 5) is 9.71. The number of para-hydroxylation sites is 2. The van der Waals surface area contributed by atoms with Crippen LogP contribution in [0.15, 0.2) is 328 Å². The zero-order valence-corrected chi connectivity index (χ0v) is 54.4. The van der Waals surface area contributed by atoms with Gasteiger partial charge in [0.05, 0.1) is 43.7 Å². The molecule has 0 aliphatic heterocycles. The summed E-state index contributed by atoms with van der Waals surface area (Å²) < 4.78 is 2.40. The lowest BCUT2D eigenvalue weighted by Crippen LogP contribution is -1.90. The highest BCUT2D eigenvalue weighted by molar-refractivity contribution is 7.22. The molecule has 0 fully saturated rings. The fourth-order valence-electron chi connectivity index (χ4n) is 14.6. The number of hydrogen-bond acceptors (Lipinski definition) is 6. The maximum absolute atomic E-state index is 10.2. The van der Waals surface area contributed by atoms with Crippen molar-refractivity contribution in [1.82, 2.24) is 9.97 Å². The molecular weight excluding hydrogens is 1230 g/mol. The van der Waals surface area contributed by atoms with E-state index in [9.17, 15) is 10.5 Å². The number of thiazole rings is 2. The van der Waals surface area contributed by atoms with Crippen molar-refractivity contribution in [3.05, 3.63) is 339 Å². The van der Waals surface area contributed by atoms with Crippen molar-refractivity contribution in [2.75, 3.05) is 0 Å². The normalized spacial score (nSPS) is 11.4. The fourth-order valence-corrected chi connectivity index (χ4v) is 16.5. The van der Waals surface area contributed by atoms with Gasteiger partial charge in [0.1, 0.15) is 10.0 Å². The number of aromatic nitrogens is 2. The Morgan fingerprint density at radius 3 is 0.980 bits per heavy atom. The summed E-state index contributed by atoms with van der Waals surface area (Å²) in [6.07, 6.45) is 0. The molecule has 0 saturated carbocycles. The third kappa shape index (κ3) is 10.3. The van der Waals surface area contributed by atoms with Gasteiger partial charge in [-0.2, -0.15) is 10.5 Å². The first-order chi connectivity index (χ1) is 48.4. The van der Waals surface area contributed by atoms with Gasteiger partial charge >= 0.3 is 0 Å². The van der Waals surface area contributed by atoms with E-state index in [2.05, 4.69) is 303 Å². The van der Waals surface area contributed by atoms with E-state index >= 15 is 0 Å². The van der Waals surface area contributed by atoms with Gasteiger partial charge in [0.25, 0.3) is 0 Å². The minimum Gasteiger partial charge on any atom is -0.236 e. The van der Waals surface area contributed by atoms with Gasteiger partial charge in [-0.05, 0) is 215 Å². The number of nitrogens with zero attached hydrogens (tertiary/aromatic N) is 4. The summed E-state index contributed by atoms with van der Waals surface area (Å²) in [6, 6.07) is 121. The van der Waals surface area contributed by atoms with E-state index in [4.69, 9.17) is 9.97 Å². The average Bonchev–Trinajstić information content (AvgIpc) is 0.882. The monoisotopic (exact) mass is 1280 g/mol. The minimum atomic E-state index is 0.643. The Morgan fingerprint density at radius 1 is 0.214 bits per heavy atom. The van der Waals surface area contributed by atoms with Crippen LogP contribution in [0.25, 0.3) is 184 Å². The van der Waals surface area contributed by atoms with Crippen LogP contribution in [0.5, 0.6) is 0 Å². The van der Waals surface area contributed by atoms with Crippen molar-refractivity contribution >= 4 is 119 Å². The van der Waals surface area contributed by atoms with Gasteiger partial charge < -0.3 is 0 Å². The molecule has 17 aromatic carbocycles. The third-order valence-electron chi connectivity index (χ3n) is 19.2. The Balaban J connectivity index is 0.000000143. The molecule has 0 unspecified atom stereocenters. The Bertz CT molecular complexity index is 6420. The van der Waals surface area contributed by atoms with Gasteiger partial charge in [-0.3, -0.25) is 0 Å². The van der Waals surface area contributed by atoms with E-state index in [-0.39, 0.29) is 0 Å². The van der Waals surface area contributed by atoms with Crippen molar-refractivity contribution in [3.63, 3.8) is 0 Å². The quantitative estimate of drug-likeness (QED) is 0.142. The summed E-state index contributed by atoms with van der Waals surface area (Å²) in [5, 5.41) is 39.4. The molecule has 0 atom stereocenters. The Hall–Kier alpha value is -12.7. The van der Waals surface area contributed by atoms with Crippen LogP contribution in [0.2, 0.25) is 0 Å². The highest BCUT2D eigenvalue weighted by Gasteiger charge is 2.19. The molecule has 4 nitrogen and oxygen atoms in total. The summed E-state index contributed by atoms with van der Waals surface area (Å²) in [5.74, 6) is 0. The molecule has 6 heteroatoms. The van der Waals surface area contributed by atoms with Crippen LogP contribution in [0.4, 0.5) is 0 Å². The molecule has 19 aromatic rings. The van der Waals surface area contributed by atoms with Crippen LogP contribution in [-0.4, -0.2) is 9.97 Å². The Morgan fingerprint density at radius 2 is 0.531 bits per heavy atom. The molecule has 0 spiro atoms. The topological polar surface area (TPSA) is 73.4 Å².